The molecule has 1 aliphatic heterocycles. The number of halogens is 3. The van der Waals surface area contributed by atoms with E-state index in [1.165, 1.54) is 18.2 Å². The minimum Gasteiger partial charge on any atom is -0.452 e. The number of anilines is 1. The molecule has 0 spiro atoms. The maximum Gasteiger partial charge on any atom is 0.586 e. The summed E-state index contributed by atoms with van der Waals surface area (Å²) >= 11 is 5.72. The average molecular weight is 449 g/mol. The van der Waals surface area contributed by atoms with Crippen LogP contribution in [0.1, 0.15) is 10.4 Å². The predicted molar refractivity (Wildman–Crippen MR) is 94.4 cm³/mol. The van der Waals surface area contributed by atoms with Gasteiger partial charge in [-0.05, 0) is 30.3 Å². The van der Waals surface area contributed by atoms with E-state index < -0.39 is 39.7 Å². The van der Waals surface area contributed by atoms with Crippen LogP contribution < -0.4 is 19.9 Å². The second kappa shape index (κ2) is 7.46. The number of sulfonamides is 1. The summed E-state index contributed by atoms with van der Waals surface area (Å²) in [6, 6.07) is 6.79. The van der Waals surface area contributed by atoms with Crippen LogP contribution in [-0.2, 0) is 19.6 Å². The number of esters is 1. The number of hydrogen-bond donors (Lipinski definition) is 2. The zero-order valence-corrected chi connectivity index (χ0v) is 15.7. The summed E-state index contributed by atoms with van der Waals surface area (Å²) in [7, 11) is -4.17. The molecule has 29 heavy (non-hydrogen) atoms. The third kappa shape index (κ3) is 4.91. The quantitative estimate of drug-likeness (QED) is 0.669. The number of hydrogen-bond acceptors (Lipinski definition) is 7. The number of nitrogens with two attached hydrogens (primary N) is 1. The van der Waals surface area contributed by atoms with Gasteiger partial charge in [0, 0.05) is 11.8 Å². The van der Waals surface area contributed by atoms with E-state index in [0.717, 1.165) is 18.2 Å². The normalized spacial score (nSPS) is 14.3. The molecule has 2 aromatic rings. The van der Waals surface area contributed by atoms with Gasteiger partial charge < -0.3 is 19.5 Å². The minimum absolute atomic E-state index is 0.0918. The van der Waals surface area contributed by atoms with Gasteiger partial charge in [0.1, 0.15) is 4.90 Å². The average Bonchev–Trinajstić information content (AvgIpc) is 2.92. The number of nitrogens with one attached hydrogen (secondary N) is 1. The summed E-state index contributed by atoms with van der Waals surface area (Å²) in [4.78, 5) is 23.4. The summed E-state index contributed by atoms with van der Waals surface area (Å²) in [5.41, 5.74) is -0.106. The first-order valence-electron chi connectivity index (χ1n) is 7.64. The molecular formula is C16H11ClF2N2O7S. The Kier molecular flexibility index (Phi) is 5.34. The maximum atomic E-state index is 13.0. The number of benzene rings is 2. The van der Waals surface area contributed by atoms with Crippen LogP contribution >= 0.6 is 11.6 Å². The number of ether oxygens (including phenoxy) is 3. The molecule has 1 aliphatic rings. The van der Waals surface area contributed by atoms with E-state index in [2.05, 4.69) is 14.8 Å². The molecule has 0 bridgehead atoms. The van der Waals surface area contributed by atoms with Crippen molar-refractivity contribution in [3.63, 3.8) is 0 Å². The van der Waals surface area contributed by atoms with Gasteiger partial charge >= 0.3 is 12.3 Å². The number of fused-ring (bicyclic) bond motifs is 1. The summed E-state index contributed by atoms with van der Waals surface area (Å²) in [5, 5.41) is 7.13. The van der Waals surface area contributed by atoms with Crippen molar-refractivity contribution in [2.24, 2.45) is 5.14 Å². The summed E-state index contributed by atoms with van der Waals surface area (Å²) in [6.07, 6.45) is -3.80. The lowest BCUT2D eigenvalue weighted by Crippen LogP contribution is -2.25. The van der Waals surface area contributed by atoms with E-state index in [-0.39, 0.29) is 27.8 Å². The molecule has 3 rings (SSSR count). The van der Waals surface area contributed by atoms with Crippen molar-refractivity contribution in [1.82, 2.24) is 0 Å². The fourth-order valence-electron chi connectivity index (χ4n) is 2.29. The lowest BCUT2D eigenvalue weighted by molar-refractivity contribution is -0.286. The highest BCUT2D eigenvalue weighted by molar-refractivity contribution is 7.89. The number of amides is 1. The molecule has 13 heteroatoms. The Morgan fingerprint density at radius 3 is 2.52 bits per heavy atom. The van der Waals surface area contributed by atoms with Gasteiger partial charge in [0.25, 0.3) is 5.91 Å². The topological polar surface area (TPSA) is 134 Å². The Morgan fingerprint density at radius 1 is 1.14 bits per heavy atom. The molecule has 154 valence electrons. The van der Waals surface area contributed by atoms with Crippen molar-refractivity contribution in [3.8, 4) is 11.5 Å². The van der Waals surface area contributed by atoms with Gasteiger partial charge in [-0.25, -0.2) is 18.4 Å². The molecule has 0 atom stereocenters. The second-order valence-corrected chi connectivity index (χ2v) is 7.58. The molecular weight excluding hydrogens is 438 g/mol. The first-order valence-corrected chi connectivity index (χ1v) is 9.56. The molecule has 0 saturated carbocycles. The summed E-state index contributed by atoms with van der Waals surface area (Å²) in [5.74, 6) is -2.27. The van der Waals surface area contributed by atoms with E-state index >= 15 is 0 Å². The Balaban J connectivity index is 1.61. The lowest BCUT2D eigenvalue weighted by Gasteiger charge is -2.08. The number of carbonyl (C=O) groups is 2. The summed E-state index contributed by atoms with van der Waals surface area (Å²) in [6.45, 7) is -0.739. The standard InChI is InChI=1S/C16H11ClF2N2O7S/c17-10-3-1-8(5-13(10)29(20,24)25)15(23)26-7-14(22)21-9-2-4-11-12(6-9)28-16(18,19)27-11/h1-6H,7H2,(H,21,22)(H2,20,24,25). The second-order valence-electron chi connectivity index (χ2n) is 5.64. The third-order valence-corrected chi connectivity index (χ3v) is 4.89. The van der Waals surface area contributed by atoms with Gasteiger partial charge in [-0.15, -0.1) is 8.78 Å². The van der Waals surface area contributed by atoms with Gasteiger partial charge in [0.05, 0.1) is 10.6 Å². The van der Waals surface area contributed by atoms with E-state index in [0.29, 0.717) is 0 Å². The number of alkyl halides is 2. The molecule has 0 saturated heterocycles. The van der Waals surface area contributed by atoms with E-state index in [9.17, 15) is 26.8 Å². The van der Waals surface area contributed by atoms with Gasteiger partial charge in [0.2, 0.25) is 10.0 Å². The Morgan fingerprint density at radius 2 is 1.83 bits per heavy atom. The molecule has 0 aliphatic carbocycles. The molecule has 0 fully saturated rings. The molecule has 1 amide bonds. The molecule has 0 radical (unpaired) electrons. The zero-order chi connectivity index (χ0) is 21.4. The fraction of sp³-hybridized carbons (Fsp3) is 0.125. The van der Waals surface area contributed by atoms with Gasteiger partial charge in [-0.2, -0.15) is 0 Å². The van der Waals surface area contributed by atoms with Gasteiger partial charge in [-0.1, -0.05) is 11.6 Å². The highest BCUT2D eigenvalue weighted by Crippen LogP contribution is 2.42. The molecule has 1 heterocycles. The van der Waals surface area contributed by atoms with Gasteiger partial charge in [0.15, 0.2) is 18.1 Å². The van der Waals surface area contributed by atoms with Crippen molar-refractivity contribution in [3.05, 3.63) is 47.0 Å². The van der Waals surface area contributed by atoms with Crippen LogP contribution in [0.3, 0.4) is 0 Å². The summed E-state index contributed by atoms with van der Waals surface area (Å²) < 4.78 is 62.1. The highest BCUT2D eigenvalue weighted by atomic mass is 35.5. The van der Waals surface area contributed by atoms with Crippen molar-refractivity contribution >= 4 is 39.2 Å². The number of carbonyl (C=O) groups excluding carboxylic acids is 2. The fourth-order valence-corrected chi connectivity index (χ4v) is 3.36. The minimum atomic E-state index is -4.17. The molecule has 0 aromatic heterocycles. The highest BCUT2D eigenvalue weighted by Gasteiger charge is 2.43. The lowest BCUT2D eigenvalue weighted by atomic mass is 10.2. The first-order chi connectivity index (χ1) is 13.4. The van der Waals surface area contributed by atoms with Crippen LogP contribution in [0.5, 0.6) is 11.5 Å². The van der Waals surface area contributed by atoms with Crippen LogP contribution in [0.25, 0.3) is 0 Å². The molecule has 2 aromatic carbocycles. The molecule has 9 nitrogen and oxygen atoms in total. The van der Waals surface area contributed by atoms with Crippen LogP contribution in [0.15, 0.2) is 41.3 Å². The maximum absolute atomic E-state index is 13.0. The largest absolute Gasteiger partial charge is 0.586 e. The van der Waals surface area contributed by atoms with Crippen molar-refractivity contribution < 1.29 is 41.0 Å². The predicted octanol–water partition coefficient (Wildman–Crippen LogP) is 2.10. The molecule has 0 unspecified atom stereocenters. The Hall–Kier alpha value is -2.96. The Labute approximate surface area is 167 Å². The van der Waals surface area contributed by atoms with Crippen LogP contribution in [0.2, 0.25) is 5.02 Å². The van der Waals surface area contributed by atoms with Crippen LogP contribution in [0, 0.1) is 0 Å². The zero-order valence-electron chi connectivity index (χ0n) is 14.1. The van der Waals surface area contributed by atoms with Crippen molar-refractivity contribution in [2.75, 3.05) is 11.9 Å². The van der Waals surface area contributed by atoms with Crippen LogP contribution in [0.4, 0.5) is 14.5 Å². The Bertz CT molecular complexity index is 1110. The van der Waals surface area contributed by atoms with Gasteiger partial charge in [-0.3, -0.25) is 4.79 Å². The van der Waals surface area contributed by atoms with Crippen LogP contribution in [-0.4, -0.2) is 33.2 Å². The van der Waals surface area contributed by atoms with E-state index in [4.69, 9.17) is 21.5 Å². The SMILES string of the molecule is NS(=O)(=O)c1cc(C(=O)OCC(=O)Nc2ccc3c(c2)OC(F)(F)O3)ccc1Cl. The number of primary sulfonamides is 1. The smallest absolute Gasteiger partial charge is 0.452 e. The monoisotopic (exact) mass is 448 g/mol. The third-order valence-electron chi connectivity index (χ3n) is 3.49. The molecule has 3 N–H and O–H groups in total. The number of rotatable bonds is 5. The van der Waals surface area contributed by atoms with E-state index in [1.54, 1.807) is 0 Å². The van der Waals surface area contributed by atoms with Crippen molar-refractivity contribution in [2.45, 2.75) is 11.2 Å². The van der Waals surface area contributed by atoms with Crippen molar-refractivity contribution in [1.29, 1.82) is 0 Å². The first kappa shape index (κ1) is 20.8. The van der Waals surface area contributed by atoms with E-state index in [1.807, 2.05) is 0 Å².